The van der Waals surface area contributed by atoms with Gasteiger partial charge >= 0.3 is 0 Å². The van der Waals surface area contributed by atoms with Gasteiger partial charge in [-0.3, -0.25) is 0 Å². The molecule has 1 fully saturated rings. The van der Waals surface area contributed by atoms with Crippen LogP contribution in [0.2, 0.25) is 0 Å². The molecule has 0 aliphatic carbocycles. The summed E-state index contributed by atoms with van der Waals surface area (Å²) < 4.78 is 10.6. The Labute approximate surface area is 87.4 Å². The van der Waals surface area contributed by atoms with Crippen LogP contribution in [0.5, 0.6) is 0 Å². The normalized spacial score (nSPS) is 31.1. The van der Waals surface area contributed by atoms with Gasteiger partial charge in [-0.2, -0.15) is 0 Å². The molecule has 4 nitrogen and oxygen atoms in total. The number of ether oxygens (including phenoxy) is 2. The molecular weight excluding hydrogens is 196 g/mol. The average molecular weight is 208 g/mol. The Bertz CT molecular complexity index is 325. The summed E-state index contributed by atoms with van der Waals surface area (Å²) in [6.45, 7) is 0.114. The van der Waals surface area contributed by atoms with Crippen LogP contribution in [-0.2, 0) is 14.3 Å². The highest BCUT2D eigenvalue weighted by molar-refractivity contribution is 5.57. The summed E-state index contributed by atoms with van der Waals surface area (Å²) in [5.41, 5.74) is 0.844. The van der Waals surface area contributed by atoms with Gasteiger partial charge in [0.1, 0.15) is 12.2 Å². The highest BCUT2D eigenvalue weighted by atomic mass is 16.7. The van der Waals surface area contributed by atoms with Gasteiger partial charge < -0.3 is 19.4 Å². The Morgan fingerprint density at radius 1 is 1.33 bits per heavy atom. The molecule has 0 aromatic heterocycles. The zero-order valence-electron chi connectivity index (χ0n) is 8.08. The molecule has 0 saturated carbocycles. The van der Waals surface area contributed by atoms with Crippen molar-refractivity contribution in [3.63, 3.8) is 0 Å². The first-order chi connectivity index (χ1) is 7.31. The fraction of sp³-hybridized carbons (Fsp3) is 0.364. The predicted octanol–water partition coefficient (Wildman–Crippen LogP) is 0.660. The van der Waals surface area contributed by atoms with E-state index < -0.39 is 18.5 Å². The van der Waals surface area contributed by atoms with Crippen LogP contribution < -0.4 is 0 Å². The Hall–Kier alpha value is -1.23. The minimum Gasteiger partial charge on any atom is -0.388 e. The van der Waals surface area contributed by atoms with E-state index in [1.54, 1.807) is 0 Å². The molecule has 0 radical (unpaired) electrons. The summed E-state index contributed by atoms with van der Waals surface area (Å²) in [5.74, 6) is 0. The molecule has 0 amide bonds. The van der Waals surface area contributed by atoms with Crippen LogP contribution in [0.4, 0.5) is 0 Å². The highest BCUT2D eigenvalue weighted by Crippen LogP contribution is 2.25. The van der Waals surface area contributed by atoms with Crippen molar-refractivity contribution < 1.29 is 19.4 Å². The van der Waals surface area contributed by atoms with Crippen molar-refractivity contribution in [2.75, 3.05) is 6.61 Å². The lowest BCUT2D eigenvalue weighted by atomic mass is 10.1. The second-order valence-electron chi connectivity index (χ2n) is 3.38. The maximum absolute atomic E-state index is 10.6. The number of hydrogen-bond acceptors (Lipinski definition) is 4. The van der Waals surface area contributed by atoms with Gasteiger partial charge in [-0.05, 0) is 0 Å². The number of hydrogen-bond donors (Lipinski definition) is 1. The lowest BCUT2D eigenvalue weighted by Gasteiger charge is -2.31. The summed E-state index contributed by atoms with van der Waals surface area (Å²) in [4.78, 5) is 10.6. The van der Waals surface area contributed by atoms with E-state index in [4.69, 9.17) is 9.47 Å². The molecule has 4 heteroatoms. The Balaban J connectivity index is 2.09. The maximum atomic E-state index is 10.6. The van der Waals surface area contributed by atoms with E-state index in [1.165, 1.54) is 0 Å². The molecule has 1 heterocycles. The second-order valence-corrected chi connectivity index (χ2v) is 3.38. The first-order valence-corrected chi connectivity index (χ1v) is 4.76. The van der Waals surface area contributed by atoms with Crippen molar-refractivity contribution in [1.29, 1.82) is 0 Å². The van der Waals surface area contributed by atoms with Crippen molar-refractivity contribution in [2.24, 2.45) is 0 Å². The molecule has 0 bridgehead atoms. The van der Waals surface area contributed by atoms with Crippen molar-refractivity contribution in [2.45, 2.75) is 18.5 Å². The van der Waals surface area contributed by atoms with Gasteiger partial charge in [0.25, 0.3) is 0 Å². The summed E-state index contributed by atoms with van der Waals surface area (Å²) in [7, 11) is 0. The van der Waals surface area contributed by atoms with E-state index in [0.717, 1.165) is 5.56 Å². The van der Waals surface area contributed by atoms with Crippen LogP contribution in [0.15, 0.2) is 30.3 Å². The van der Waals surface area contributed by atoms with Crippen LogP contribution in [0.1, 0.15) is 11.9 Å². The van der Waals surface area contributed by atoms with Gasteiger partial charge in [-0.15, -0.1) is 0 Å². The van der Waals surface area contributed by atoms with Gasteiger partial charge in [0.2, 0.25) is 0 Å². The van der Waals surface area contributed by atoms with Crippen LogP contribution in [0.25, 0.3) is 0 Å². The molecular formula is C11H12O4. The molecule has 15 heavy (non-hydrogen) atoms. The molecule has 1 aromatic rings. The largest absolute Gasteiger partial charge is 0.388 e. The minimum atomic E-state index is -0.873. The van der Waals surface area contributed by atoms with Gasteiger partial charge in [-0.1, -0.05) is 30.3 Å². The third-order valence-corrected chi connectivity index (χ3v) is 2.28. The SMILES string of the molecule is O=C[C@H]1O[C@H](c2ccccc2)OC[C@H]1O. The maximum Gasteiger partial charge on any atom is 0.184 e. The molecule has 1 aliphatic rings. The van der Waals surface area contributed by atoms with Crippen LogP contribution in [0, 0.1) is 0 Å². The third kappa shape index (κ3) is 2.23. The molecule has 80 valence electrons. The van der Waals surface area contributed by atoms with E-state index in [2.05, 4.69) is 0 Å². The summed E-state index contributed by atoms with van der Waals surface area (Å²) in [6.07, 6.45) is -1.64. The van der Waals surface area contributed by atoms with E-state index >= 15 is 0 Å². The van der Waals surface area contributed by atoms with Crippen LogP contribution in [0.3, 0.4) is 0 Å². The number of aldehydes is 1. The highest BCUT2D eigenvalue weighted by Gasteiger charge is 2.30. The monoisotopic (exact) mass is 208 g/mol. The van der Waals surface area contributed by atoms with E-state index in [-0.39, 0.29) is 6.61 Å². The fourth-order valence-electron chi connectivity index (χ4n) is 1.46. The van der Waals surface area contributed by atoms with Crippen molar-refractivity contribution in [3.05, 3.63) is 35.9 Å². The third-order valence-electron chi connectivity index (χ3n) is 2.28. The summed E-state index contributed by atoms with van der Waals surface area (Å²) >= 11 is 0. The molecule has 1 aromatic carbocycles. The molecule has 1 saturated heterocycles. The lowest BCUT2D eigenvalue weighted by molar-refractivity contribution is -0.246. The standard InChI is InChI=1S/C11H12O4/c12-6-10-9(13)7-14-11(15-10)8-4-2-1-3-5-8/h1-6,9-11,13H,7H2/t9-,10-,11-/m1/s1. The number of benzene rings is 1. The minimum absolute atomic E-state index is 0.114. The second kappa shape index (κ2) is 4.53. The smallest absolute Gasteiger partial charge is 0.184 e. The molecule has 2 rings (SSSR count). The predicted molar refractivity (Wildman–Crippen MR) is 52.1 cm³/mol. The van der Waals surface area contributed by atoms with Gasteiger partial charge in [0.05, 0.1) is 6.61 Å². The number of aliphatic hydroxyl groups is 1. The Morgan fingerprint density at radius 3 is 2.73 bits per heavy atom. The molecule has 3 atom stereocenters. The van der Waals surface area contributed by atoms with Gasteiger partial charge in [0, 0.05) is 5.56 Å². The Morgan fingerprint density at radius 2 is 2.07 bits per heavy atom. The quantitative estimate of drug-likeness (QED) is 0.725. The molecule has 0 spiro atoms. The van der Waals surface area contributed by atoms with E-state index in [1.807, 2.05) is 30.3 Å². The van der Waals surface area contributed by atoms with Crippen LogP contribution >= 0.6 is 0 Å². The summed E-state index contributed by atoms with van der Waals surface area (Å²) in [5, 5.41) is 9.35. The number of carbonyl (C=O) groups excluding carboxylic acids is 1. The van der Waals surface area contributed by atoms with Gasteiger partial charge in [0.15, 0.2) is 12.6 Å². The van der Waals surface area contributed by atoms with E-state index in [0.29, 0.717) is 6.29 Å². The first-order valence-electron chi connectivity index (χ1n) is 4.76. The Kier molecular flexibility index (Phi) is 3.11. The lowest BCUT2D eigenvalue weighted by Crippen LogP contribution is -2.41. The number of carbonyl (C=O) groups is 1. The van der Waals surface area contributed by atoms with Crippen molar-refractivity contribution in [1.82, 2.24) is 0 Å². The number of rotatable bonds is 2. The first kappa shape index (κ1) is 10.3. The molecule has 1 N–H and O–H groups in total. The molecule has 1 aliphatic heterocycles. The fourth-order valence-corrected chi connectivity index (χ4v) is 1.46. The zero-order valence-corrected chi connectivity index (χ0v) is 8.08. The molecule has 0 unspecified atom stereocenters. The average Bonchev–Trinajstić information content (AvgIpc) is 2.31. The summed E-state index contributed by atoms with van der Waals surface area (Å²) in [6, 6.07) is 9.32. The topological polar surface area (TPSA) is 55.8 Å². The van der Waals surface area contributed by atoms with Gasteiger partial charge in [-0.25, -0.2) is 0 Å². The number of aliphatic hydroxyl groups excluding tert-OH is 1. The van der Waals surface area contributed by atoms with Crippen LogP contribution in [-0.4, -0.2) is 30.2 Å². The van der Waals surface area contributed by atoms with Crippen molar-refractivity contribution >= 4 is 6.29 Å². The van der Waals surface area contributed by atoms with Crippen molar-refractivity contribution in [3.8, 4) is 0 Å². The zero-order chi connectivity index (χ0) is 10.7. The van der Waals surface area contributed by atoms with E-state index in [9.17, 15) is 9.90 Å².